The van der Waals surface area contributed by atoms with E-state index in [1.54, 1.807) is 7.11 Å². The minimum Gasteiger partial charge on any atom is -0.486 e. The summed E-state index contributed by atoms with van der Waals surface area (Å²) < 4.78 is 19.0. The maximum absolute atomic E-state index is 5.84. The summed E-state index contributed by atoms with van der Waals surface area (Å²) in [4.78, 5) is 14.3. The molecular formula is C23H26N6O3. The number of aromatic nitrogens is 2. The quantitative estimate of drug-likeness (QED) is 0.618. The van der Waals surface area contributed by atoms with E-state index in [1.165, 1.54) is 0 Å². The van der Waals surface area contributed by atoms with Gasteiger partial charge in [-0.15, -0.1) is 0 Å². The first-order chi connectivity index (χ1) is 15.8. The summed E-state index contributed by atoms with van der Waals surface area (Å²) in [6, 6.07) is 14.4. The zero-order chi connectivity index (χ0) is 21.5. The lowest BCUT2D eigenvalue weighted by molar-refractivity contribution is 0.171. The van der Waals surface area contributed by atoms with Crippen molar-refractivity contribution in [1.29, 1.82) is 0 Å². The standard InChI is InChI=1S/C23H26N6O3/c1-30-10-4-9-27-14-24-22-26-21(16-7-8-19-20(13-16)32-12-11-31-19)29-18-6-3-2-5-17(18)25-23(29)28(22)15-27/h2-3,5-8,13,21H,4,9-12,14-15H2,1H3,(H,24,26). The molecule has 1 unspecified atom stereocenters. The number of fused-ring (bicyclic) bond motifs is 6. The van der Waals surface area contributed by atoms with Gasteiger partial charge in [0, 0.05) is 20.3 Å². The molecule has 0 bridgehead atoms. The lowest BCUT2D eigenvalue weighted by atomic mass is 10.1. The second kappa shape index (κ2) is 7.99. The number of nitrogens with one attached hydrogen (secondary N) is 1. The zero-order valence-corrected chi connectivity index (χ0v) is 18.0. The smallest absolute Gasteiger partial charge is 0.216 e. The lowest BCUT2D eigenvalue weighted by Crippen LogP contribution is -2.57. The van der Waals surface area contributed by atoms with E-state index in [1.807, 2.05) is 12.1 Å². The fourth-order valence-electron chi connectivity index (χ4n) is 4.55. The number of hydrogen-bond donors (Lipinski definition) is 1. The maximum Gasteiger partial charge on any atom is 0.216 e. The first-order valence-corrected chi connectivity index (χ1v) is 11.0. The molecule has 32 heavy (non-hydrogen) atoms. The van der Waals surface area contributed by atoms with Gasteiger partial charge in [-0.2, -0.15) is 0 Å². The highest BCUT2D eigenvalue weighted by molar-refractivity contribution is 5.98. The van der Waals surface area contributed by atoms with Crippen LogP contribution in [0.2, 0.25) is 0 Å². The van der Waals surface area contributed by atoms with Crippen molar-refractivity contribution in [1.82, 2.24) is 19.8 Å². The predicted octanol–water partition coefficient (Wildman–Crippen LogP) is 2.39. The highest BCUT2D eigenvalue weighted by Gasteiger charge is 2.36. The monoisotopic (exact) mass is 434 g/mol. The van der Waals surface area contributed by atoms with Gasteiger partial charge in [0.25, 0.3) is 0 Å². The molecule has 3 aliphatic rings. The van der Waals surface area contributed by atoms with E-state index in [0.29, 0.717) is 19.9 Å². The van der Waals surface area contributed by atoms with Gasteiger partial charge >= 0.3 is 0 Å². The Balaban J connectivity index is 1.41. The Morgan fingerprint density at radius 1 is 1.12 bits per heavy atom. The molecule has 9 nitrogen and oxygen atoms in total. The molecule has 2 aromatic carbocycles. The average Bonchev–Trinajstić information content (AvgIpc) is 3.23. The van der Waals surface area contributed by atoms with Crippen molar-refractivity contribution in [2.75, 3.05) is 51.7 Å². The number of aliphatic imine (C=N–C) groups is 1. The minimum atomic E-state index is -0.150. The van der Waals surface area contributed by atoms with Crippen LogP contribution in [0.4, 0.5) is 5.95 Å². The third-order valence-corrected chi connectivity index (χ3v) is 6.06. The van der Waals surface area contributed by atoms with Crippen molar-refractivity contribution in [3.8, 4) is 11.5 Å². The van der Waals surface area contributed by atoms with Crippen molar-refractivity contribution < 1.29 is 14.2 Å². The second-order valence-electron chi connectivity index (χ2n) is 8.15. The molecule has 3 aliphatic heterocycles. The number of benzene rings is 2. The number of para-hydroxylation sites is 2. The third-order valence-electron chi connectivity index (χ3n) is 6.06. The van der Waals surface area contributed by atoms with Gasteiger partial charge in [-0.1, -0.05) is 18.2 Å². The van der Waals surface area contributed by atoms with E-state index in [4.69, 9.17) is 24.2 Å². The number of guanidine groups is 1. The molecule has 0 saturated carbocycles. The molecule has 0 spiro atoms. The van der Waals surface area contributed by atoms with Gasteiger partial charge < -0.3 is 19.5 Å². The van der Waals surface area contributed by atoms with Gasteiger partial charge in [-0.3, -0.25) is 14.4 Å². The van der Waals surface area contributed by atoms with Gasteiger partial charge in [0.1, 0.15) is 19.4 Å². The van der Waals surface area contributed by atoms with Crippen molar-refractivity contribution in [2.24, 2.45) is 4.99 Å². The molecule has 0 amide bonds. The molecule has 0 aliphatic carbocycles. The predicted molar refractivity (Wildman–Crippen MR) is 121 cm³/mol. The normalized spacial score (nSPS) is 19.8. The number of imidazole rings is 1. The topological polar surface area (TPSA) is 76.4 Å². The summed E-state index contributed by atoms with van der Waals surface area (Å²) in [5.41, 5.74) is 3.11. The van der Waals surface area contributed by atoms with Crippen LogP contribution in [0.25, 0.3) is 11.0 Å². The molecule has 1 atom stereocenters. The summed E-state index contributed by atoms with van der Waals surface area (Å²) in [6.07, 6.45) is 0.821. The highest BCUT2D eigenvalue weighted by atomic mass is 16.6. The molecule has 3 aromatic rings. The van der Waals surface area contributed by atoms with Crippen molar-refractivity contribution in [2.45, 2.75) is 12.6 Å². The molecule has 1 aromatic heterocycles. The summed E-state index contributed by atoms with van der Waals surface area (Å²) in [6.45, 7) is 4.19. The van der Waals surface area contributed by atoms with Crippen LogP contribution in [0.5, 0.6) is 11.5 Å². The summed E-state index contributed by atoms with van der Waals surface area (Å²) in [7, 11) is 1.74. The first kappa shape index (κ1) is 19.4. The summed E-state index contributed by atoms with van der Waals surface area (Å²) in [5.74, 6) is 3.30. The van der Waals surface area contributed by atoms with E-state index in [2.05, 4.69) is 50.0 Å². The molecule has 1 N–H and O–H groups in total. The molecule has 4 heterocycles. The highest BCUT2D eigenvalue weighted by Crippen LogP contribution is 2.37. The van der Waals surface area contributed by atoms with Gasteiger partial charge in [-0.25, -0.2) is 9.98 Å². The summed E-state index contributed by atoms with van der Waals surface area (Å²) >= 11 is 0. The average molecular weight is 435 g/mol. The first-order valence-electron chi connectivity index (χ1n) is 11.0. The van der Waals surface area contributed by atoms with E-state index in [9.17, 15) is 0 Å². The van der Waals surface area contributed by atoms with Crippen LogP contribution in [0.1, 0.15) is 18.2 Å². The van der Waals surface area contributed by atoms with Gasteiger partial charge in [0.2, 0.25) is 11.9 Å². The molecule has 0 radical (unpaired) electrons. The maximum atomic E-state index is 5.84. The molecule has 0 saturated heterocycles. The number of rotatable bonds is 5. The van der Waals surface area contributed by atoms with E-state index >= 15 is 0 Å². The van der Waals surface area contributed by atoms with E-state index < -0.39 is 0 Å². The largest absolute Gasteiger partial charge is 0.486 e. The fraction of sp³-hybridized carbons (Fsp3) is 0.391. The van der Waals surface area contributed by atoms with Crippen LogP contribution in [-0.2, 0) is 4.74 Å². The van der Waals surface area contributed by atoms with E-state index in [0.717, 1.165) is 66.2 Å². The number of methoxy groups -OCH3 is 1. The number of ether oxygens (including phenoxy) is 3. The Bertz CT molecular complexity index is 1180. The van der Waals surface area contributed by atoms with Crippen molar-refractivity contribution >= 4 is 22.9 Å². The van der Waals surface area contributed by atoms with Gasteiger partial charge in [0.15, 0.2) is 11.5 Å². The SMILES string of the molecule is COCCCN1CN=C2NC(c3ccc4c(c3)OCCO4)n3c(nc4ccccc43)N2C1. The molecular weight excluding hydrogens is 408 g/mol. The Hall–Kier alpha value is -3.30. The van der Waals surface area contributed by atoms with E-state index in [-0.39, 0.29) is 6.17 Å². The zero-order valence-electron chi connectivity index (χ0n) is 18.0. The summed E-state index contributed by atoms with van der Waals surface area (Å²) in [5, 5.41) is 3.65. The number of nitrogens with zero attached hydrogens (tertiary/aromatic N) is 5. The minimum absolute atomic E-state index is 0.150. The second-order valence-corrected chi connectivity index (χ2v) is 8.15. The Morgan fingerprint density at radius 2 is 2.00 bits per heavy atom. The van der Waals surface area contributed by atoms with Crippen LogP contribution >= 0.6 is 0 Å². The van der Waals surface area contributed by atoms with Crippen LogP contribution in [0.15, 0.2) is 47.5 Å². The molecule has 9 heteroatoms. The Kier molecular flexibility index (Phi) is 4.84. The van der Waals surface area contributed by atoms with Crippen LogP contribution in [0.3, 0.4) is 0 Å². The van der Waals surface area contributed by atoms with Crippen LogP contribution in [-0.4, -0.2) is 67.2 Å². The van der Waals surface area contributed by atoms with Crippen molar-refractivity contribution in [3.05, 3.63) is 48.0 Å². The number of hydrogen-bond acceptors (Lipinski definition) is 8. The molecule has 166 valence electrons. The van der Waals surface area contributed by atoms with Crippen molar-refractivity contribution in [3.63, 3.8) is 0 Å². The Morgan fingerprint density at radius 3 is 2.91 bits per heavy atom. The Labute approximate surface area is 186 Å². The van der Waals surface area contributed by atoms with Gasteiger partial charge in [-0.05, 0) is 36.2 Å². The molecule has 6 rings (SSSR count). The third kappa shape index (κ3) is 3.25. The van der Waals surface area contributed by atoms with Crippen LogP contribution < -0.4 is 19.7 Å². The molecule has 0 fully saturated rings. The number of anilines is 1. The van der Waals surface area contributed by atoms with Crippen LogP contribution in [0, 0.1) is 0 Å². The fourth-order valence-corrected chi connectivity index (χ4v) is 4.55. The lowest BCUT2D eigenvalue weighted by Gasteiger charge is -2.41. The van der Waals surface area contributed by atoms with Gasteiger partial charge in [0.05, 0.1) is 24.4 Å².